The van der Waals surface area contributed by atoms with Crippen LogP contribution in [-0.2, 0) is 6.42 Å². The van der Waals surface area contributed by atoms with Crippen LogP contribution >= 0.6 is 11.9 Å². The second-order valence-electron chi connectivity index (χ2n) is 10.6. The van der Waals surface area contributed by atoms with Crippen LogP contribution < -0.4 is 5.14 Å². The number of benzene rings is 4. The van der Waals surface area contributed by atoms with E-state index in [4.69, 9.17) is 5.14 Å². The molecule has 4 aromatic carbocycles. The van der Waals surface area contributed by atoms with Gasteiger partial charge >= 0.3 is 0 Å². The van der Waals surface area contributed by atoms with Crippen LogP contribution in [0.25, 0.3) is 0 Å². The van der Waals surface area contributed by atoms with Crippen molar-refractivity contribution in [1.29, 1.82) is 0 Å². The molecule has 0 heterocycles. The number of nitrogens with two attached hydrogens (primary N) is 1. The third-order valence-electron chi connectivity index (χ3n) is 8.02. The van der Waals surface area contributed by atoms with Crippen LogP contribution in [0, 0.1) is 0 Å². The van der Waals surface area contributed by atoms with Gasteiger partial charge in [0.05, 0.1) is 0 Å². The van der Waals surface area contributed by atoms with E-state index in [0.717, 1.165) is 36.6 Å². The molecule has 1 amide bonds. The Labute approximate surface area is 237 Å². The fourth-order valence-corrected chi connectivity index (χ4v) is 5.95. The van der Waals surface area contributed by atoms with Gasteiger partial charge in [-0.2, -0.15) is 0 Å². The first-order valence-corrected chi connectivity index (χ1v) is 15.0. The van der Waals surface area contributed by atoms with E-state index in [1.807, 2.05) is 24.3 Å². The molecule has 0 radical (unpaired) electrons. The van der Waals surface area contributed by atoms with Gasteiger partial charge in [-0.15, -0.1) is 0 Å². The monoisotopic (exact) mass is 534 g/mol. The average Bonchev–Trinajstić information content (AvgIpc) is 2.96. The Balaban J connectivity index is 1.32. The van der Waals surface area contributed by atoms with E-state index in [2.05, 4.69) is 89.8 Å². The Kier molecular flexibility index (Phi) is 9.52. The lowest BCUT2D eigenvalue weighted by atomic mass is 9.79. The third-order valence-corrected chi connectivity index (χ3v) is 8.54. The quantitative estimate of drug-likeness (QED) is 0.186. The smallest absolute Gasteiger partial charge is 0.253 e. The summed E-state index contributed by atoms with van der Waals surface area (Å²) < 4.78 is 0. The number of nitrogens with zero attached hydrogens (tertiary/aromatic N) is 1. The minimum Gasteiger partial charge on any atom is -0.339 e. The van der Waals surface area contributed by atoms with Gasteiger partial charge in [0.2, 0.25) is 0 Å². The topological polar surface area (TPSA) is 46.3 Å². The standard InChI is InChI=1S/C35H38N2OS/c36-39-33-21-9-20-32(26-33)35(38)37(23-10-12-27-11-7-19-31(25-27)28-17-8-18-28)24-22-34(29-13-3-1-4-14-29)30-15-5-2-6-16-30/h1-7,9,11,13-16,19-21,25-26,28,34H,8,10,12,17-18,22-24,36H2. The number of rotatable bonds is 12. The summed E-state index contributed by atoms with van der Waals surface area (Å²) >= 11 is 1.18. The van der Waals surface area contributed by atoms with Crippen molar-refractivity contribution in [3.63, 3.8) is 0 Å². The summed E-state index contributed by atoms with van der Waals surface area (Å²) in [5, 5.41) is 5.81. The Morgan fingerprint density at radius 3 is 2.15 bits per heavy atom. The van der Waals surface area contributed by atoms with Crippen LogP contribution in [0.3, 0.4) is 0 Å². The van der Waals surface area contributed by atoms with Crippen molar-refractivity contribution in [3.8, 4) is 0 Å². The number of hydrogen-bond donors (Lipinski definition) is 1. The van der Waals surface area contributed by atoms with Crippen molar-refractivity contribution < 1.29 is 4.79 Å². The molecule has 4 aromatic rings. The van der Waals surface area contributed by atoms with Crippen molar-refractivity contribution >= 4 is 17.9 Å². The molecule has 1 fully saturated rings. The highest BCUT2D eigenvalue weighted by Crippen LogP contribution is 2.36. The second kappa shape index (κ2) is 13.6. The molecular formula is C35H38N2OS. The van der Waals surface area contributed by atoms with Crippen LogP contribution in [0.4, 0.5) is 0 Å². The lowest BCUT2D eigenvalue weighted by molar-refractivity contribution is 0.0749. The molecule has 0 aliphatic heterocycles. The number of carbonyl (C=O) groups is 1. The zero-order chi connectivity index (χ0) is 26.9. The molecule has 5 rings (SSSR count). The van der Waals surface area contributed by atoms with Crippen LogP contribution in [0.1, 0.15) is 76.6 Å². The molecule has 0 spiro atoms. The first kappa shape index (κ1) is 27.2. The highest BCUT2D eigenvalue weighted by Gasteiger charge is 2.21. The highest BCUT2D eigenvalue weighted by atomic mass is 32.2. The summed E-state index contributed by atoms with van der Waals surface area (Å²) in [5.41, 5.74) is 6.13. The fourth-order valence-electron chi connectivity index (χ4n) is 5.60. The molecule has 0 atom stereocenters. The van der Waals surface area contributed by atoms with Crippen molar-refractivity contribution in [1.82, 2.24) is 4.90 Å². The van der Waals surface area contributed by atoms with Gasteiger partial charge in [0, 0.05) is 29.5 Å². The van der Waals surface area contributed by atoms with E-state index >= 15 is 0 Å². The number of amides is 1. The van der Waals surface area contributed by atoms with Gasteiger partial charge in [-0.3, -0.25) is 9.93 Å². The first-order chi connectivity index (χ1) is 19.2. The van der Waals surface area contributed by atoms with E-state index in [-0.39, 0.29) is 11.8 Å². The van der Waals surface area contributed by atoms with Gasteiger partial charge < -0.3 is 4.90 Å². The molecule has 1 saturated carbocycles. The number of aryl methyl sites for hydroxylation is 1. The summed E-state index contributed by atoms with van der Waals surface area (Å²) in [4.78, 5) is 16.8. The third kappa shape index (κ3) is 7.20. The molecule has 0 bridgehead atoms. The van der Waals surface area contributed by atoms with E-state index in [1.54, 1.807) is 0 Å². The average molecular weight is 535 g/mol. The van der Waals surface area contributed by atoms with Crippen LogP contribution in [0.2, 0.25) is 0 Å². The number of hydrogen-bond acceptors (Lipinski definition) is 3. The second-order valence-corrected chi connectivity index (χ2v) is 11.3. The lowest BCUT2D eigenvalue weighted by Gasteiger charge is -2.27. The van der Waals surface area contributed by atoms with Crippen LogP contribution in [0.5, 0.6) is 0 Å². The van der Waals surface area contributed by atoms with Gasteiger partial charge in [0.15, 0.2) is 0 Å². The van der Waals surface area contributed by atoms with Gasteiger partial charge in [-0.1, -0.05) is 97.4 Å². The van der Waals surface area contributed by atoms with E-state index in [1.165, 1.54) is 53.5 Å². The maximum Gasteiger partial charge on any atom is 0.253 e. The first-order valence-electron chi connectivity index (χ1n) is 14.2. The van der Waals surface area contributed by atoms with E-state index in [9.17, 15) is 4.79 Å². The molecule has 1 aliphatic carbocycles. The summed E-state index contributed by atoms with van der Waals surface area (Å²) in [6, 6.07) is 38.1. The van der Waals surface area contributed by atoms with E-state index < -0.39 is 0 Å². The highest BCUT2D eigenvalue weighted by molar-refractivity contribution is 7.97. The maximum atomic E-state index is 13.8. The zero-order valence-corrected chi connectivity index (χ0v) is 23.4. The summed E-state index contributed by atoms with van der Waals surface area (Å²) in [7, 11) is 0. The molecule has 0 aromatic heterocycles. The maximum absolute atomic E-state index is 13.8. The predicted molar refractivity (Wildman–Crippen MR) is 163 cm³/mol. The van der Waals surface area contributed by atoms with Crippen molar-refractivity contribution in [2.75, 3.05) is 13.1 Å². The normalized spacial score (nSPS) is 13.3. The molecule has 4 heteroatoms. The summed E-state index contributed by atoms with van der Waals surface area (Å²) in [5.74, 6) is 1.05. The van der Waals surface area contributed by atoms with Gasteiger partial charge in [-0.25, -0.2) is 0 Å². The molecule has 3 nitrogen and oxygen atoms in total. The van der Waals surface area contributed by atoms with Crippen LogP contribution in [0.15, 0.2) is 114 Å². The largest absolute Gasteiger partial charge is 0.339 e. The zero-order valence-electron chi connectivity index (χ0n) is 22.5. The lowest BCUT2D eigenvalue weighted by Crippen LogP contribution is -2.34. The Morgan fingerprint density at radius 2 is 1.51 bits per heavy atom. The fraction of sp³-hybridized carbons (Fsp3) is 0.286. The molecule has 0 saturated heterocycles. The summed E-state index contributed by atoms with van der Waals surface area (Å²) in [6.45, 7) is 1.41. The Hall–Kier alpha value is -3.34. The van der Waals surface area contributed by atoms with E-state index in [0.29, 0.717) is 12.1 Å². The minimum atomic E-state index is 0.0778. The number of carbonyl (C=O) groups excluding carboxylic acids is 1. The van der Waals surface area contributed by atoms with Crippen LogP contribution in [-0.4, -0.2) is 23.9 Å². The van der Waals surface area contributed by atoms with Gasteiger partial charge in [0.25, 0.3) is 5.91 Å². The van der Waals surface area contributed by atoms with Crippen molar-refractivity contribution in [3.05, 3.63) is 137 Å². The molecule has 39 heavy (non-hydrogen) atoms. The van der Waals surface area contributed by atoms with Crippen molar-refractivity contribution in [2.45, 2.75) is 55.3 Å². The Bertz CT molecular complexity index is 1300. The SMILES string of the molecule is NSc1cccc(C(=O)N(CCCc2cccc(C3CCC3)c2)CCC(c2ccccc2)c2ccccc2)c1. The molecule has 1 aliphatic rings. The molecule has 200 valence electrons. The molecular weight excluding hydrogens is 496 g/mol. The van der Waals surface area contributed by atoms with Crippen molar-refractivity contribution in [2.24, 2.45) is 5.14 Å². The minimum absolute atomic E-state index is 0.0778. The Morgan fingerprint density at radius 1 is 0.821 bits per heavy atom. The molecule has 2 N–H and O–H groups in total. The predicted octanol–water partition coefficient (Wildman–Crippen LogP) is 8.22. The summed E-state index contributed by atoms with van der Waals surface area (Å²) in [6.07, 6.45) is 6.76. The van der Waals surface area contributed by atoms with Gasteiger partial charge in [0.1, 0.15) is 0 Å². The molecule has 0 unspecified atom stereocenters. The van der Waals surface area contributed by atoms with Gasteiger partial charge in [-0.05, 0) is 90.4 Å².